The Kier molecular flexibility index (Phi) is 13.0. The van der Waals surface area contributed by atoms with Gasteiger partial charge in [0.2, 0.25) is 0 Å². The number of nitrogens with zero attached hydrogens (tertiary/aromatic N) is 1. The van der Waals surface area contributed by atoms with Gasteiger partial charge >= 0.3 is 5.97 Å². The Morgan fingerprint density at radius 1 is 0.950 bits per heavy atom. The van der Waals surface area contributed by atoms with Gasteiger partial charge in [0, 0.05) is 6.04 Å². The van der Waals surface area contributed by atoms with Crippen LogP contribution in [0, 0.1) is 0 Å². The first kappa shape index (κ1) is 19.4. The van der Waals surface area contributed by atoms with Crippen molar-refractivity contribution in [3.63, 3.8) is 0 Å². The molecule has 1 atom stereocenters. The van der Waals surface area contributed by atoms with E-state index in [0.717, 1.165) is 12.8 Å². The van der Waals surface area contributed by atoms with E-state index in [2.05, 4.69) is 25.9 Å². The first-order chi connectivity index (χ1) is 9.61. The molecule has 0 aromatic rings. The van der Waals surface area contributed by atoms with E-state index in [1.165, 1.54) is 44.9 Å². The van der Waals surface area contributed by atoms with Gasteiger partial charge in [0.1, 0.15) is 0 Å². The third-order valence-electron chi connectivity index (χ3n) is 3.74. The molecule has 1 unspecified atom stereocenters. The molecule has 3 heteroatoms. The van der Waals surface area contributed by atoms with Crippen LogP contribution in [0.4, 0.5) is 0 Å². The molecule has 20 heavy (non-hydrogen) atoms. The lowest BCUT2D eigenvalue weighted by atomic mass is 10.0. The average molecular weight is 285 g/mol. The molecule has 0 saturated carbocycles. The molecular formula is C17H35NO2. The zero-order chi connectivity index (χ0) is 15.2. The highest BCUT2D eigenvalue weighted by molar-refractivity contribution is 5.70. The van der Waals surface area contributed by atoms with Gasteiger partial charge in [0.05, 0.1) is 13.0 Å². The standard InChI is InChI=1S/C17H35NO2/c1-5-7-8-9-10-11-12-13-16(18(3)4)15-17(19)20-14-6-2/h16H,5-15H2,1-4H3. The van der Waals surface area contributed by atoms with E-state index in [4.69, 9.17) is 4.74 Å². The van der Waals surface area contributed by atoms with Crippen molar-refractivity contribution in [3.8, 4) is 0 Å². The maximum absolute atomic E-state index is 11.7. The van der Waals surface area contributed by atoms with Crippen molar-refractivity contribution >= 4 is 5.97 Å². The number of unbranched alkanes of at least 4 members (excludes halogenated alkanes) is 6. The SMILES string of the molecule is CCCCCCCCCC(CC(=O)OCCC)N(C)C. The molecule has 0 spiro atoms. The third kappa shape index (κ3) is 11.3. The van der Waals surface area contributed by atoms with Crippen LogP contribution in [0.1, 0.15) is 78.1 Å². The van der Waals surface area contributed by atoms with Crippen LogP contribution in [0.2, 0.25) is 0 Å². The molecule has 0 bridgehead atoms. The van der Waals surface area contributed by atoms with Crippen LogP contribution in [-0.4, -0.2) is 37.6 Å². The van der Waals surface area contributed by atoms with Gasteiger partial charge in [-0.2, -0.15) is 0 Å². The molecule has 0 aromatic heterocycles. The van der Waals surface area contributed by atoms with E-state index in [1.54, 1.807) is 0 Å². The fraction of sp³-hybridized carbons (Fsp3) is 0.941. The van der Waals surface area contributed by atoms with Crippen LogP contribution < -0.4 is 0 Å². The second-order valence-corrected chi connectivity index (χ2v) is 5.95. The van der Waals surface area contributed by atoms with Crippen molar-refractivity contribution in [1.82, 2.24) is 4.90 Å². The van der Waals surface area contributed by atoms with Gasteiger partial charge in [-0.05, 0) is 26.9 Å². The molecule has 0 aromatic carbocycles. The summed E-state index contributed by atoms with van der Waals surface area (Å²) >= 11 is 0. The normalized spacial score (nSPS) is 12.7. The number of hydrogen-bond acceptors (Lipinski definition) is 3. The van der Waals surface area contributed by atoms with E-state index >= 15 is 0 Å². The van der Waals surface area contributed by atoms with Gasteiger partial charge in [-0.1, -0.05) is 58.8 Å². The van der Waals surface area contributed by atoms with Crippen molar-refractivity contribution in [3.05, 3.63) is 0 Å². The summed E-state index contributed by atoms with van der Waals surface area (Å²) in [6.07, 6.45) is 11.8. The predicted octanol–water partition coefficient (Wildman–Crippen LogP) is 4.40. The molecular weight excluding hydrogens is 250 g/mol. The van der Waals surface area contributed by atoms with Crippen molar-refractivity contribution in [2.75, 3.05) is 20.7 Å². The number of ether oxygens (including phenoxy) is 1. The van der Waals surface area contributed by atoms with Crippen molar-refractivity contribution in [2.45, 2.75) is 84.1 Å². The predicted molar refractivity (Wildman–Crippen MR) is 86.0 cm³/mol. The maximum Gasteiger partial charge on any atom is 0.307 e. The molecule has 0 saturated heterocycles. The number of carbonyl (C=O) groups excluding carboxylic acids is 1. The number of rotatable bonds is 13. The van der Waals surface area contributed by atoms with Crippen molar-refractivity contribution in [1.29, 1.82) is 0 Å². The largest absolute Gasteiger partial charge is 0.466 e. The summed E-state index contributed by atoms with van der Waals surface area (Å²) in [4.78, 5) is 13.8. The summed E-state index contributed by atoms with van der Waals surface area (Å²) in [5, 5.41) is 0. The van der Waals surface area contributed by atoms with Crippen LogP contribution >= 0.6 is 0 Å². The Labute approximate surface area is 126 Å². The van der Waals surface area contributed by atoms with E-state index in [1.807, 2.05) is 6.92 Å². The summed E-state index contributed by atoms with van der Waals surface area (Å²) in [6, 6.07) is 0.329. The van der Waals surface area contributed by atoms with Crippen LogP contribution in [0.5, 0.6) is 0 Å². The van der Waals surface area contributed by atoms with E-state index < -0.39 is 0 Å². The van der Waals surface area contributed by atoms with E-state index in [0.29, 0.717) is 19.1 Å². The topological polar surface area (TPSA) is 29.5 Å². The van der Waals surface area contributed by atoms with Crippen molar-refractivity contribution in [2.24, 2.45) is 0 Å². The fourth-order valence-corrected chi connectivity index (χ4v) is 2.35. The zero-order valence-electron chi connectivity index (χ0n) is 14.1. The molecule has 0 fully saturated rings. The van der Waals surface area contributed by atoms with Gasteiger partial charge in [0.15, 0.2) is 0 Å². The molecule has 120 valence electrons. The number of hydrogen-bond donors (Lipinski definition) is 0. The van der Waals surface area contributed by atoms with E-state index in [9.17, 15) is 4.79 Å². The van der Waals surface area contributed by atoms with Gasteiger partial charge in [-0.25, -0.2) is 0 Å². The molecule has 0 amide bonds. The Morgan fingerprint density at radius 3 is 2.10 bits per heavy atom. The van der Waals surface area contributed by atoms with Gasteiger partial charge < -0.3 is 9.64 Å². The van der Waals surface area contributed by atoms with Gasteiger partial charge in [-0.15, -0.1) is 0 Å². The zero-order valence-corrected chi connectivity index (χ0v) is 14.1. The third-order valence-corrected chi connectivity index (χ3v) is 3.74. The van der Waals surface area contributed by atoms with Gasteiger partial charge in [-0.3, -0.25) is 4.79 Å². The molecule has 0 aliphatic rings. The first-order valence-corrected chi connectivity index (χ1v) is 8.43. The summed E-state index contributed by atoms with van der Waals surface area (Å²) in [5.74, 6) is -0.0477. The molecule has 0 heterocycles. The van der Waals surface area contributed by atoms with E-state index in [-0.39, 0.29) is 5.97 Å². The summed E-state index contributed by atoms with van der Waals surface area (Å²) in [5.41, 5.74) is 0. The minimum Gasteiger partial charge on any atom is -0.466 e. The average Bonchev–Trinajstić information content (AvgIpc) is 2.42. The van der Waals surface area contributed by atoms with Crippen LogP contribution in [0.3, 0.4) is 0 Å². The Morgan fingerprint density at radius 2 is 1.55 bits per heavy atom. The quantitative estimate of drug-likeness (QED) is 0.371. The Balaban J connectivity index is 3.72. The highest BCUT2D eigenvalue weighted by Crippen LogP contribution is 2.14. The smallest absolute Gasteiger partial charge is 0.307 e. The first-order valence-electron chi connectivity index (χ1n) is 8.43. The number of esters is 1. The van der Waals surface area contributed by atoms with Crippen LogP contribution in [-0.2, 0) is 9.53 Å². The fourth-order valence-electron chi connectivity index (χ4n) is 2.35. The van der Waals surface area contributed by atoms with Gasteiger partial charge in [0.25, 0.3) is 0 Å². The summed E-state index contributed by atoms with van der Waals surface area (Å²) < 4.78 is 5.18. The lowest BCUT2D eigenvalue weighted by Crippen LogP contribution is -2.31. The lowest BCUT2D eigenvalue weighted by molar-refractivity contribution is -0.145. The molecule has 0 radical (unpaired) electrons. The lowest BCUT2D eigenvalue weighted by Gasteiger charge is -2.23. The highest BCUT2D eigenvalue weighted by Gasteiger charge is 2.16. The molecule has 0 N–H and O–H groups in total. The monoisotopic (exact) mass is 285 g/mol. The minimum atomic E-state index is -0.0477. The molecule has 0 rings (SSSR count). The van der Waals surface area contributed by atoms with Crippen molar-refractivity contribution < 1.29 is 9.53 Å². The Hall–Kier alpha value is -0.570. The number of carbonyl (C=O) groups is 1. The Bertz CT molecular complexity index is 229. The minimum absolute atomic E-state index is 0.0477. The van der Waals surface area contributed by atoms with Crippen LogP contribution in [0.25, 0.3) is 0 Å². The molecule has 0 aliphatic heterocycles. The summed E-state index contributed by atoms with van der Waals surface area (Å²) in [6.45, 7) is 4.82. The second kappa shape index (κ2) is 13.4. The molecule has 0 aliphatic carbocycles. The van der Waals surface area contributed by atoms with Crippen LogP contribution in [0.15, 0.2) is 0 Å². The highest BCUT2D eigenvalue weighted by atomic mass is 16.5. The summed E-state index contributed by atoms with van der Waals surface area (Å²) in [7, 11) is 4.11. The maximum atomic E-state index is 11.7. The second-order valence-electron chi connectivity index (χ2n) is 5.95. The molecule has 3 nitrogen and oxygen atoms in total.